The Hall–Kier alpha value is -2.45. The molecule has 0 radical (unpaired) electrons. The minimum atomic E-state index is -2.13. The van der Waals surface area contributed by atoms with Crippen LogP contribution in [0.3, 0.4) is 0 Å². The molecule has 0 bridgehead atoms. The predicted molar refractivity (Wildman–Crippen MR) is 144 cm³/mol. The number of β-lactam (4-membered cyclic amide) rings is 1. The van der Waals surface area contributed by atoms with Gasteiger partial charge in [-0.1, -0.05) is 23.2 Å². The summed E-state index contributed by atoms with van der Waals surface area (Å²) in [7, 11) is 0. The number of nitrogens with zero attached hydrogens (tertiary/aromatic N) is 2. The lowest BCUT2D eigenvalue weighted by atomic mass is 10.0. The van der Waals surface area contributed by atoms with Crippen LogP contribution in [-0.4, -0.2) is 68.6 Å². The molecule has 15 heteroatoms. The lowest BCUT2D eigenvalue weighted by molar-refractivity contribution is -0.701. The van der Waals surface area contributed by atoms with Crippen LogP contribution in [0.1, 0.15) is 0 Å². The quantitative estimate of drug-likeness (QED) is 0.217. The van der Waals surface area contributed by atoms with E-state index in [0.717, 1.165) is 4.90 Å². The molecule has 9 nitrogen and oxygen atoms in total. The fourth-order valence-electron chi connectivity index (χ4n) is 3.83. The summed E-state index contributed by atoms with van der Waals surface area (Å²) in [5.41, 5.74) is 0.456. The number of hydrogen-bond acceptors (Lipinski definition) is 8. The molecule has 1 unspecified atom stereocenters. The van der Waals surface area contributed by atoms with E-state index in [9.17, 15) is 33.8 Å². The number of carbonyl (C=O) groups is 4. The number of carboxylic acids is 2. The minimum absolute atomic E-state index is 0.000995. The Morgan fingerprint density at radius 1 is 1.23 bits per heavy atom. The van der Waals surface area contributed by atoms with Crippen molar-refractivity contribution in [3.63, 3.8) is 0 Å². The molecule has 0 spiro atoms. The van der Waals surface area contributed by atoms with E-state index >= 15 is 0 Å². The second-order valence-electron chi connectivity index (χ2n) is 8.38. The van der Waals surface area contributed by atoms with E-state index in [4.69, 9.17) is 23.2 Å². The number of carboxylic acid groups (broad SMARTS) is 2. The first-order valence-electron chi connectivity index (χ1n) is 11.3. The maximum absolute atomic E-state index is 13.3. The van der Waals surface area contributed by atoms with Crippen LogP contribution in [0.15, 0.2) is 63.8 Å². The van der Waals surface area contributed by atoms with Gasteiger partial charge in [0.1, 0.15) is 17.1 Å². The molecule has 2 amide bonds. The summed E-state index contributed by atoms with van der Waals surface area (Å²) >= 11 is 16.0. The molecule has 1 fully saturated rings. The van der Waals surface area contributed by atoms with Crippen LogP contribution < -0.4 is 15.0 Å². The van der Waals surface area contributed by atoms with Gasteiger partial charge in [0.05, 0.1) is 16.7 Å². The molecule has 2 aliphatic rings. The van der Waals surface area contributed by atoms with Gasteiger partial charge in [-0.05, 0) is 23.8 Å². The van der Waals surface area contributed by atoms with E-state index in [1.165, 1.54) is 57.1 Å². The van der Waals surface area contributed by atoms with Gasteiger partial charge in [0.2, 0.25) is 5.91 Å². The number of benzene rings is 1. The van der Waals surface area contributed by atoms with Gasteiger partial charge >= 0.3 is 5.97 Å². The van der Waals surface area contributed by atoms with E-state index < -0.39 is 41.3 Å². The topological polar surface area (TPSA) is 131 Å². The molecular weight excluding hydrogens is 612 g/mol. The fourth-order valence-corrected chi connectivity index (χ4v) is 7.51. The van der Waals surface area contributed by atoms with Crippen molar-refractivity contribution in [2.75, 3.05) is 17.3 Å². The Morgan fingerprint density at radius 2 is 1.95 bits per heavy atom. The van der Waals surface area contributed by atoms with Crippen molar-refractivity contribution in [3.8, 4) is 0 Å². The average Bonchev–Trinajstić information content (AvgIpc) is 2.91. The monoisotopic (exact) mass is 631 g/mol. The van der Waals surface area contributed by atoms with Crippen molar-refractivity contribution in [2.45, 2.75) is 33.9 Å². The first-order valence-corrected chi connectivity index (χ1v) is 15.1. The van der Waals surface area contributed by atoms with Gasteiger partial charge in [0.15, 0.2) is 25.1 Å². The lowest BCUT2D eigenvalue weighted by Crippen LogP contribution is -2.70. The van der Waals surface area contributed by atoms with Gasteiger partial charge < -0.3 is 20.3 Å². The van der Waals surface area contributed by atoms with Crippen molar-refractivity contribution in [3.05, 3.63) is 64.0 Å². The third-order valence-electron chi connectivity index (χ3n) is 5.72. The van der Waals surface area contributed by atoms with Crippen molar-refractivity contribution in [1.29, 1.82) is 0 Å². The van der Waals surface area contributed by atoms with Gasteiger partial charge in [-0.15, -0.1) is 35.3 Å². The molecule has 3 atom stereocenters. The van der Waals surface area contributed by atoms with Crippen molar-refractivity contribution in [2.24, 2.45) is 0 Å². The summed E-state index contributed by atoms with van der Waals surface area (Å²) in [5, 5.41) is 23.5. The zero-order chi connectivity index (χ0) is 28.3. The van der Waals surface area contributed by atoms with Gasteiger partial charge in [0.25, 0.3) is 5.91 Å². The number of halogens is 3. The first kappa shape index (κ1) is 29.5. The van der Waals surface area contributed by atoms with Gasteiger partial charge in [-0.3, -0.25) is 14.5 Å². The molecule has 2 N–H and O–H groups in total. The number of alkyl halides is 1. The van der Waals surface area contributed by atoms with E-state index in [1.807, 2.05) is 0 Å². The average molecular weight is 633 g/mol. The highest BCUT2D eigenvalue weighted by Gasteiger charge is 2.54. The number of fused-ring (bicyclic) bond motifs is 1. The van der Waals surface area contributed by atoms with Gasteiger partial charge in [-0.2, -0.15) is 0 Å². The number of nitrogens with one attached hydrogen (secondary N) is 1. The molecule has 206 valence electrons. The minimum Gasteiger partial charge on any atom is -0.547 e. The first-order chi connectivity index (χ1) is 18.5. The predicted octanol–water partition coefficient (Wildman–Crippen LogP) is 1.99. The van der Waals surface area contributed by atoms with Crippen LogP contribution in [0.25, 0.3) is 0 Å². The SMILES string of the molecule is O=C(CSc1cc(Cl)ccc1Cl)N[C@@H]1C(=O)N2C(C(=O)O)=C(CSc3cc[n+](CC(F)C(=O)[O-])cc3)CS[C@H]12. The Balaban J connectivity index is 1.35. The van der Waals surface area contributed by atoms with E-state index in [0.29, 0.717) is 26.3 Å². The Labute approximate surface area is 245 Å². The zero-order valence-corrected chi connectivity index (χ0v) is 23.8. The number of pyridine rings is 1. The molecule has 4 rings (SSSR count). The summed E-state index contributed by atoms with van der Waals surface area (Å²) in [5.74, 6) is -3.27. The van der Waals surface area contributed by atoms with Gasteiger partial charge in [-0.25, -0.2) is 13.8 Å². The summed E-state index contributed by atoms with van der Waals surface area (Å²) in [6.45, 7) is -0.387. The number of amides is 2. The number of aliphatic carboxylic acids is 2. The van der Waals surface area contributed by atoms with Crippen LogP contribution >= 0.6 is 58.5 Å². The smallest absolute Gasteiger partial charge is 0.352 e. The normalized spacial score (nSPS) is 19.3. The Bertz CT molecular complexity index is 1350. The van der Waals surface area contributed by atoms with Crippen LogP contribution in [0, 0.1) is 0 Å². The number of carbonyl (C=O) groups excluding carboxylic acids is 3. The maximum atomic E-state index is 13.3. The maximum Gasteiger partial charge on any atom is 0.352 e. The molecule has 2 aliphatic heterocycles. The number of thioether (sulfide) groups is 3. The van der Waals surface area contributed by atoms with Gasteiger partial charge in [0, 0.05) is 38.5 Å². The standard InChI is InChI=1S/C24H20Cl2FN3O6S3/c25-13-1-2-15(26)17(7-13)38-11-18(31)28-19-21(32)30-20(24(35)36)12(10-39-22(19)30)9-37-14-3-5-29(6-4-14)8-16(27)23(33)34/h1-7,16,19,22H,8-11H2,(H2-,28,31,33,34,35,36)/t16?,19-,22-/m1/s1. The third kappa shape index (κ3) is 7.01. The Morgan fingerprint density at radius 3 is 2.62 bits per heavy atom. The zero-order valence-electron chi connectivity index (χ0n) is 19.8. The summed E-state index contributed by atoms with van der Waals surface area (Å²) < 4.78 is 14.7. The van der Waals surface area contributed by atoms with Crippen LogP contribution in [-0.2, 0) is 25.7 Å². The van der Waals surface area contributed by atoms with Crippen molar-refractivity contribution >= 4 is 82.2 Å². The molecular formula is C24H20Cl2FN3O6S3. The molecule has 3 heterocycles. The largest absolute Gasteiger partial charge is 0.547 e. The summed E-state index contributed by atoms with van der Waals surface area (Å²) in [6.07, 6.45) is 0.897. The molecule has 1 saturated heterocycles. The lowest BCUT2D eigenvalue weighted by Gasteiger charge is -2.49. The second-order valence-corrected chi connectivity index (χ2v) is 12.4. The molecule has 2 aromatic rings. The molecule has 1 aromatic carbocycles. The molecule has 0 aliphatic carbocycles. The number of rotatable bonds is 11. The van der Waals surface area contributed by atoms with Crippen LogP contribution in [0.5, 0.6) is 0 Å². The highest BCUT2D eigenvalue weighted by atomic mass is 35.5. The van der Waals surface area contributed by atoms with Crippen molar-refractivity contribution < 1.29 is 38.3 Å². The highest BCUT2D eigenvalue weighted by molar-refractivity contribution is 8.01. The van der Waals surface area contributed by atoms with Crippen LogP contribution in [0.4, 0.5) is 4.39 Å². The molecule has 0 saturated carbocycles. The van der Waals surface area contributed by atoms with Crippen molar-refractivity contribution in [1.82, 2.24) is 10.2 Å². The number of hydrogen-bond donors (Lipinski definition) is 2. The fraction of sp³-hybridized carbons (Fsp3) is 0.292. The second kappa shape index (κ2) is 12.8. The summed E-state index contributed by atoms with van der Waals surface area (Å²) in [6, 6.07) is 7.37. The molecule has 1 aromatic heterocycles. The molecule has 39 heavy (non-hydrogen) atoms. The Kier molecular flexibility index (Phi) is 9.70. The highest BCUT2D eigenvalue weighted by Crippen LogP contribution is 2.41. The van der Waals surface area contributed by atoms with E-state index in [-0.39, 0.29) is 23.7 Å². The third-order valence-corrected chi connectivity index (χ3v) is 9.89. The summed E-state index contributed by atoms with van der Waals surface area (Å²) in [4.78, 5) is 50.6. The van der Waals surface area contributed by atoms with E-state index in [1.54, 1.807) is 30.3 Å². The van der Waals surface area contributed by atoms with Crippen LogP contribution in [0.2, 0.25) is 10.0 Å². The van der Waals surface area contributed by atoms with E-state index in [2.05, 4.69) is 5.32 Å². The number of aromatic nitrogens is 1.